The van der Waals surface area contributed by atoms with E-state index in [1.165, 1.54) is 0 Å². The molecule has 1 aliphatic carbocycles. The van der Waals surface area contributed by atoms with E-state index in [0.29, 0.717) is 12.0 Å². The average Bonchev–Trinajstić information content (AvgIpc) is 2.13. The molecule has 0 radical (unpaired) electrons. The van der Waals surface area contributed by atoms with E-state index >= 15 is 0 Å². The average molecular weight is 256 g/mol. The maximum absolute atomic E-state index is 11.8. The van der Waals surface area contributed by atoms with Crippen molar-refractivity contribution in [2.45, 2.75) is 77.5 Å². The molecule has 0 aromatic carbocycles. The van der Waals surface area contributed by atoms with Crippen molar-refractivity contribution in [3.63, 3.8) is 0 Å². The van der Waals surface area contributed by atoms with Gasteiger partial charge in [0.2, 0.25) is 0 Å². The van der Waals surface area contributed by atoms with Crippen LogP contribution in [-0.4, -0.2) is 23.3 Å². The molecular weight excluding hydrogens is 228 g/mol. The van der Waals surface area contributed by atoms with E-state index < -0.39 is 5.60 Å². The van der Waals surface area contributed by atoms with Crippen molar-refractivity contribution in [1.82, 2.24) is 5.32 Å². The van der Waals surface area contributed by atoms with Crippen LogP contribution in [0.2, 0.25) is 0 Å². The number of rotatable bonds is 2. The van der Waals surface area contributed by atoms with Crippen molar-refractivity contribution in [2.75, 3.05) is 0 Å². The first-order valence-corrected chi connectivity index (χ1v) is 6.87. The number of carbonyl (C=O) groups is 1. The lowest BCUT2D eigenvalue weighted by atomic mass is 9.75. The molecule has 0 heterocycles. The summed E-state index contributed by atoms with van der Waals surface area (Å²) in [5, 5.41) is 3.00. The van der Waals surface area contributed by atoms with Crippen molar-refractivity contribution in [3.05, 3.63) is 0 Å². The summed E-state index contributed by atoms with van der Waals surface area (Å²) in [5.41, 5.74) is 5.23. The van der Waals surface area contributed by atoms with Crippen molar-refractivity contribution in [1.29, 1.82) is 0 Å². The lowest BCUT2D eigenvalue weighted by Crippen LogP contribution is -2.52. The Morgan fingerprint density at radius 2 is 1.61 bits per heavy atom. The minimum absolute atomic E-state index is 0.234. The van der Waals surface area contributed by atoms with E-state index in [1.807, 2.05) is 20.8 Å². The third-order valence-electron chi connectivity index (χ3n) is 3.62. The van der Waals surface area contributed by atoms with Gasteiger partial charge in [-0.15, -0.1) is 0 Å². The molecule has 1 aliphatic rings. The van der Waals surface area contributed by atoms with Crippen LogP contribution < -0.4 is 11.1 Å². The first kappa shape index (κ1) is 15.3. The zero-order valence-corrected chi connectivity index (χ0v) is 12.4. The predicted octanol–water partition coefficient (Wildman–Crippen LogP) is 2.81. The molecule has 3 N–H and O–H groups in total. The third kappa shape index (κ3) is 4.84. The van der Waals surface area contributed by atoms with Gasteiger partial charge in [0.15, 0.2) is 0 Å². The highest BCUT2D eigenvalue weighted by Crippen LogP contribution is 2.32. The van der Waals surface area contributed by atoms with Crippen molar-refractivity contribution >= 4 is 6.09 Å². The van der Waals surface area contributed by atoms with E-state index in [-0.39, 0.29) is 11.6 Å². The van der Waals surface area contributed by atoms with Gasteiger partial charge in [-0.1, -0.05) is 0 Å². The van der Waals surface area contributed by atoms with Crippen LogP contribution >= 0.6 is 0 Å². The van der Waals surface area contributed by atoms with Gasteiger partial charge in [-0.05, 0) is 66.2 Å². The summed E-state index contributed by atoms with van der Waals surface area (Å²) in [5.74, 6) is 0.477. The number of amides is 1. The topological polar surface area (TPSA) is 64.3 Å². The number of nitrogens with one attached hydrogen (secondary N) is 1. The number of hydrogen-bond donors (Lipinski definition) is 2. The van der Waals surface area contributed by atoms with Crippen LogP contribution in [0.25, 0.3) is 0 Å². The lowest BCUT2D eigenvalue weighted by molar-refractivity contribution is 0.0415. The Kier molecular flexibility index (Phi) is 4.65. The van der Waals surface area contributed by atoms with Gasteiger partial charge in [-0.25, -0.2) is 4.79 Å². The summed E-state index contributed by atoms with van der Waals surface area (Å²) in [6, 6.07) is 0.332. The van der Waals surface area contributed by atoms with Crippen LogP contribution in [0.3, 0.4) is 0 Å². The van der Waals surface area contributed by atoms with E-state index in [0.717, 1.165) is 25.7 Å². The predicted molar refractivity (Wildman–Crippen MR) is 73.4 cm³/mol. The molecule has 0 aliphatic heterocycles. The molecule has 0 atom stereocenters. The Bertz CT molecular complexity index is 287. The van der Waals surface area contributed by atoms with Gasteiger partial charge in [-0.3, -0.25) is 0 Å². The molecule has 0 bridgehead atoms. The number of nitrogens with two attached hydrogens (primary N) is 1. The Hall–Kier alpha value is -0.770. The molecular formula is C14H28N2O2. The third-order valence-corrected chi connectivity index (χ3v) is 3.62. The Labute approximate surface area is 111 Å². The number of alkyl carbamates (subject to hydrolysis) is 1. The molecule has 4 heteroatoms. The molecule has 1 saturated carbocycles. The molecule has 1 rings (SSSR count). The largest absolute Gasteiger partial charge is 0.444 e. The van der Waals surface area contributed by atoms with E-state index in [1.54, 1.807) is 0 Å². The highest BCUT2D eigenvalue weighted by molar-refractivity contribution is 5.68. The normalized spacial score (nSPS) is 25.7. The van der Waals surface area contributed by atoms with Crippen molar-refractivity contribution in [3.8, 4) is 0 Å². The van der Waals surface area contributed by atoms with E-state index in [2.05, 4.69) is 19.2 Å². The van der Waals surface area contributed by atoms with Crippen LogP contribution in [0, 0.1) is 5.92 Å². The summed E-state index contributed by atoms with van der Waals surface area (Å²) < 4.78 is 5.31. The fourth-order valence-electron chi connectivity index (χ4n) is 2.51. The number of hydrogen-bond acceptors (Lipinski definition) is 3. The smallest absolute Gasteiger partial charge is 0.408 e. The van der Waals surface area contributed by atoms with Crippen molar-refractivity contribution in [2.24, 2.45) is 11.7 Å². The fraction of sp³-hybridized carbons (Fsp3) is 0.929. The van der Waals surface area contributed by atoms with E-state index in [9.17, 15) is 4.79 Å². The molecule has 0 aromatic rings. The maximum atomic E-state index is 11.8. The first-order valence-electron chi connectivity index (χ1n) is 6.87. The van der Waals surface area contributed by atoms with Crippen LogP contribution in [0.5, 0.6) is 0 Å². The van der Waals surface area contributed by atoms with Crippen LogP contribution in [0.4, 0.5) is 4.79 Å². The monoisotopic (exact) mass is 256 g/mol. The van der Waals surface area contributed by atoms with Gasteiger partial charge in [-0.2, -0.15) is 0 Å². The van der Waals surface area contributed by atoms with Crippen LogP contribution in [0.15, 0.2) is 0 Å². The maximum Gasteiger partial charge on any atom is 0.408 e. The van der Waals surface area contributed by atoms with Crippen LogP contribution in [0.1, 0.15) is 60.3 Å². The number of carbonyl (C=O) groups excluding carboxylic acids is 1. The summed E-state index contributed by atoms with van der Waals surface area (Å²) in [6.45, 7) is 9.76. The quantitative estimate of drug-likeness (QED) is 0.798. The summed E-state index contributed by atoms with van der Waals surface area (Å²) in [4.78, 5) is 11.8. The standard InChI is InChI=1S/C14H28N2O2/c1-13(2,3)18-12(17)16-14(4,5)10-6-8-11(15)9-7-10/h10-11H,6-9,15H2,1-5H3,(H,16,17)/t10-,11+. The molecule has 18 heavy (non-hydrogen) atoms. The molecule has 0 unspecified atom stereocenters. The van der Waals surface area contributed by atoms with Gasteiger partial charge in [0, 0.05) is 11.6 Å². The lowest BCUT2D eigenvalue weighted by Gasteiger charge is -2.39. The van der Waals surface area contributed by atoms with Gasteiger partial charge in [0.1, 0.15) is 5.60 Å². The minimum Gasteiger partial charge on any atom is -0.444 e. The van der Waals surface area contributed by atoms with Gasteiger partial charge >= 0.3 is 6.09 Å². The van der Waals surface area contributed by atoms with Gasteiger partial charge in [0.05, 0.1) is 0 Å². The summed E-state index contributed by atoms with van der Waals surface area (Å²) in [7, 11) is 0. The van der Waals surface area contributed by atoms with E-state index in [4.69, 9.17) is 10.5 Å². The molecule has 1 amide bonds. The van der Waals surface area contributed by atoms with Crippen LogP contribution in [-0.2, 0) is 4.74 Å². The SMILES string of the molecule is CC(C)(C)OC(=O)NC(C)(C)[C@H]1CC[C@@H](N)CC1. The molecule has 1 fully saturated rings. The highest BCUT2D eigenvalue weighted by Gasteiger charge is 2.34. The molecule has 106 valence electrons. The molecule has 4 nitrogen and oxygen atoms in total. The molecule has 0 saturated heterocycles. The Morgan fingerprint density at radius 1 is 1.11 bits per heavy atom. The minimum atomic E-state index is -0.449. The van der Waals surface area contributed by atoms with Gasteiger partial charge in [0.25, 0.3) is 0 Å². The Balaban J connectivity index is 2.51. The fourth-order valence-corrected chi connectivity index (χ4v) is 2.51. The zero-order chi connectivity index (χ0) is 14.0. The highest BCUT2D eigenvalue weighted by atomic mass is 16.6. The Morgan fingerprint density at radius 3 is 2.06 bits per heavy atom. The summed E-state index contributed by atoms with van der Waals surface area (Å²) in [6.07, 6.45) is 3.91. The summed E-state index contributed by atoms with van der Waals surface area (Å²) >= 11 is 0. The molecule has 0 aromatic heterocycles. The zero-order valence-electron chi connectivity index (χ0n) is 12.4. The first-order chi connectivity index (χ1) is 8.10. The molecule has 0 spiro atoms. The van der Waals surface area contributed by atoms with Crippen molar-refractivity contribution < 1.29 is 9.53 Å². The second-order valence-electron chi connectivity index (χ2n) is 6.96. The second-order valence-corrected chi connectivity index (χ2v) is 6.96. The second kappa shape index (κ2) is 5.47. The number of ether oxygens (including phenoxy) is 1. The van der Waals surface area contributed by atoms with Gasteiger partial charge < -0.3 is 15.8 Å².